The zero-order valence-electron chi connectivity index (χ0n) is 14.6. The number of aromatic carboxylic acids is 1. The average Bonchev–Trinajstić information content (AvgIpc) is 2.70. The molecule has 2 aliphatic rings. The molecule has 2 aromatic heterocycles. The first-order chi connectivity index (χ1) is 13.6. The largest absolute Gasteiger partial charge is 0.477 e. The maximum Gasteiger partial charge on any atom is 0.341 e. The van der Waals surface area contributed by atoms with Gasteiger partial charge in [-0.25, -0.2) is 9.18 Å². The van der Waals surface area contributed by atoms with Gasteiger partial charge in [0.05, 0.1) is 25.1 Å². The molecule has 0 radical (unpaired) electrons. The third-order valence-corrected chi connectivity index (χ3v) is 5.08. The fourth-order valence-electron chi connectivity index (χ4n) is 3.85. The molecular formula is C20H15FN2O5. The molecule has 1 saturated heterocycles. The molecule has 1 aromatic carbocycles. The lowest BCUT2D eigenvalue weighted by atomic mass is 9.97. The molecule has 3 aromatic rings. The van der Waals surface area contributed by atoms with Crippen LogP contribution in [0.1, 0.15) is 10.4 Å². The first-order valence-corrected chi connectivity index (χ1v) is 8.81. The van der Waals surface area contributed by atoms with Crippen molar-refractivity contribution in [2.75, 3.05) is 31.2 Å². The number of rotatable bonds is 2. The van der Waals surface area contributed by atoms with Crippen LogP contribution in [-0.4, -0.2) is 41.8 Å². The van der Waals surface area contributed by atoms with Crippen LogP contribution in [0.2, 0.25) is 0 Å². The molecule has 4 heterocycles. The second kappa shape index (κ2) is 6.07. The number of para-hydroxylation sites is 1. The van der Waals surface area contributed by atoms with Gasteiger partial charge in [-0.15, -0.1) is 0 Å². The predicted molar refractivity (Wildman–Crippen MR) is 99.1 cm³/mol. The van der Waals surface area contributed by atoms with Crippen molar-refractivity contribution in [1.82, 2.24) is 4.40 Å². The zero-order valence-corrected chi connectivity index (χ0v) is 14.6. The van der Waals surface area contributed by atoms with Gasteiger partial charge >= 0.3 is 5.97 Å². The lowest BCUT2D eigenvalue weighted by Gasteiger charge is -2.33. The summed E-state index contributed by atoms with van der Waals surface area (Å²) in [5, 5.41) is 9.37. The van der Waals surface area contributed by atoms with Gasteiger partial charge in [-0.2, -0.15) is 0 Å². The van der Waals surface area contributed by atoms with Crippen LogP contribution >= 0.6 is 0 Å². The maximum absolute atomic E-state index is 15.3. The Morgan fingerprint density at radius 1 is 1.14 bits per heavy atom. The summed E-state index contributed by atoms with van der Waals surface area (Å²) in [4.78, 5) is 26.1. The lowest BCUT2D eigenvalue weighted by Crippen LogP contribution is -2.37. The summed E-state index contributed by atoms with van der Waals surface area (Å²) >= 11 is 0. The topological polar surface area (TPSA) is 80.5 Å². The number of anilines is 1. The molecule has 7 nitrogen and oxygen atoms in total. The SMILES string of the molecule is O=C(O)c1cc2c3c(c(N4CCOCC4)c(F)cn3c1=O)-c1ccccc1O2. The quantitative estimate of drug-likeness (QED) is 0.574. The van der Waals surface area contributed by atoms with Crippen LogP contribution in [0.15, 0.2) is 41.3 Å². The number of nitrogens with zero attached hydrogens (tertiary/aromatic N) is 2. The molecule has 142 valence electrons. The van der Waals surface area contributed by atoms with Crippen molar-refractivity contribution in [3.8, 4) is 22.6 Å². The molecule has 8 heteroatoms. The highest BCUT2D eigenvalue weighted by atomic mass is 19.1. The molecule has 0 amide bonds. The van der Waals surface area contributed by atoms with Gasteiger partial charge in [0.25, 0.3) is 5.56 Å². The molecule has 0 bridgehead atoms. The van der Waals surface area contributed by atoms with Crippen molar-refractivity contribution >= 4 is 17.2 Å². The normalized spacial score (nSPS) is 15.2. The van der Waals surface area contributed by atoms with Gasteiger partial charge in [0.2, 0.25) is 0 Å². The number of benzene rings is 1. The molecule has 28 heavy (non-hydrogen) atoms. The molecule has 1 N–H and O–H groups in total. The van der Waals surface area contributed by atoms with E-state index in [1.165, 1.54) is 6.07 Å². The smallest absolute Gasteiger partial charge is 0.341 e. The predicted octanol–water partition coefficient (Wildman–Crippen LogP) is 2.75. The van der Waals surface area contributed by atoms with E-state index >= 15 is 4.39 Å². The van der Waals surface area contributed by atoms with E-state index in [1.807, 2.05) is 4.90 Å². The van der Waals surface area contributed by atoms with E-state index in [9.17, 15) is 14.7 Å². The number of hydrogen-bond donors (Lipinski definition) is 1. The number of pyridine rings is 2. The monoisotopic (exact) mass is 382 g/mol. The van der Waals surface area contributed by atoms with E-state index in [2.05, 4.69) is 0 Å². The van der Waals surface area contributed by atoms with E-state index in [0.29, 0.717) is 54.4 Å². The van der Waals surface area contributed by atoms with Gasteiger partial charge in [0.15, 0.2) is 11.6 Å². The van der Waals surface area contributed by atoms with Gasteiger partial charge in [-0.05, 0) is 6.07 Å². The molecule has 0 saturated carbocycles. The Labute approximate surface area is 158 Å². The van der Waals surface area contributed by atoms with Crippen LogP contribution in [0.3, 0.4) is 0 Å². The van der Waals surface area contributed by atoms with Gasteiger partial charge in [-0.3, -0.25) is 9.20 Å². The number of ether oxygens (including phenoxy) is 2. The maximum atomic E-state index is 15.3. The third kappa shape index (κ3) is 2.31. The molecule has 1 fully saturated rings. The van der Waals surface area contributed by atoms with Crippen LogP contribution in [0.5, 0.6) is 11.5 Å². The first kappa shape index (κ1) is 16.8. The number of morpholine rings is 1. The van der Waals surface area contributed by atoms with Crippen molar-refractivity contribution < 1.29 is 23.8 Å². The summed E-state index contributed by atoms with van der Waals surface area (Å²) in [5.41, 5.74) is 0.613. The van der Waals surface area contributed by atoms with Crippen molar-refractivity contribution in [1.29, 1.82) is 0 Å². The Bertz CT molecular complexity index is 1200. The van der Waals surface area contributed by atoms with E-state index < -0.39 is 22.9 Å². The van der Waals surface area contributed by atoms with Crippen LogP contribution in [-0.2, 0) is 4.74 Å². The Kier molecular flexibility index (Phi) is 3.63. The minimum Gasteiger partial charge on any atom is -0.477 e. The lowest BCUT2D eigenvalue weighted by molar-refractivity contribution is 0.0694. The van der Waals surface area contributed by atoms with Gasteiger partial charge in [-0.1, -0.05) is 18.2 Å². The van der Waals surface area contributed by atoms with Gasteiger partial charge in [0.1, 0.15) is 16.8 Å². The van der Waals surface area contributed by atoms with E-state index in [1.54, 1.807) is 24.3 Å². The number of fused-ring (bicyclic) bond motifs is 2. The number of carboxylic acids is 1. The van der Waals surface area contributed by atoms with Gasteiger partial charge < -0.3 is 19.5 Å². The minimum atomic E-state index is -1.39. The summed E-state index contributed by atoms with van der Waals surface area (Å²) < 4.78 is 27.6. The number of carbonyl (C=O) groups is 1. The number of hydrogen-bond acceptors (Lipinski definition) is 5. The minimum absolute atomic E-state index is 0.209. The highest BCUT2D eigenvalue weighted by Crippen LogP contribution is 2.48. The van der Waals surface area contributed by atoms with Gasteiger partial charge in [0, 0.05) is 30.3 Å². The Hall–Kier alpha value is -3.39. The standard InChI is InChI=1S/C20H15FN2O5/c21-13-10-23-18-15(9-12(19(23)24)20(25)26)28-14-4-2-1-3-11(14)16(18)17(13)22-5-7-27-8-6-22/h1-4,9-10H,5-8H2,(H,25,26). The van der Waals surface area contributed by atoms with Crippen molar-refractivity contribution in [2.45, 2.75) is 0 Å². The molecule has 0 unspecified atom stereocenters. The van der Waals surface area contributed by atoms with Crippen LogP contribution < -0.4 is 15.2 Å². The Morgan fingerprint density at radius 3 is 2.64 bits per heavy atom. The summed E-state index contributed by atoms with van der Waals surface area (Å²) in [6, 6.07) is 8.32. The van der Waals surface area contributed by atoms with E-state index in [4.69, 9.17) is 9.47 Å². The van der Waals surface area contributed by atoms with Crippen molar-refractivity contribution in [3.63, 3.8) is 0 Å². The highest BCUT2D eigenvalue weighted by Gasteiger charge is 2.31. The summed E-state index contributed by atoms with van der Waals surface area (Å²) in [6.45, 7) is 1.96. The number of halogens is 1. The number of carboxylic acid groups (broad SMARTS) is 1. The molecule has 2 aliphatic heterocycles. The summed E-state index contributed by atoms with van der Waals surface area (Å²) in [7, 11) is 0. The fourth-order valence-corrected chi connectivity index (χ4v) is 3.85. The summed E-state index contributed by atoms with van der Waals surface area (Å²) in [6.07, 6.45) is 1.04. The number of aromatic nitrogens is 1. The first-order valence-electron chi connectivity index (χ1n) is 8.81. The Balaban J connectivity index is 1.93. The third-order valence-electron chi connectivity index (χ3n) is 5.08. The van der Waals surface area contributed by atoms with Crippen LogP contribution in [0.4, 0.5) is 10.1 Å². The van der Waals surface area contributed by atoms with E-state index in [-0.39, 0.29) is 5.75 Å². The second-order valence-electron chi connectivity index (χ2n) is 6.65. The molecule has 0 spiro atoms. The van der Waals surface area contributed by atoms with E-state index in [0.717, 1.165) is 10.6 Å². The molecule has 5 rings (SSSR count). The molecular weight excluding hydrogens is 367 g/mol. The van der Waals surface area contributed by atoms with Crippen molar-refractivity contribution in [3.05, 3.63) is 58.3 Å². The highest BCUT2D eigenvalue weighted by molar-refractivity contribution is 6.00. The average molecular weight is 382 g/mol. The van der Waals surface area contributed by atoms with Crippen LogP contribution in [0, 0.1) is 5.82 Å². The zero-order chi connectivity index (χ0) is 19.4. The van der Waals surface area contributed by atoms with Crippen LogP contribution in [0.25, 0.3) is 16.6 Å². The Morgan fingerprint density at radius 2 is 1.89 bits per heavy atom. The van der Waals surface area contributed by atoms with Crippen molar-refractivity contribution in [2.24, 2.45) is 0 Å². The fraction of sp³-hybridized carbons (Fsp3) is 0.200. The molecule has 0 atom stereocenters. The molecule has 0 aliphatic carbocycles. The second-order valence-corrected chi connectivity index (χ2v) is 6.65. The summed E-state index contributed by atoms with van der Waals surface area (Å²) in [5.74, 6) is -1.30.